The van der Waals surface area contributed by atoms with Gasteiger partial charge in [-0.3, -0.25) is 0 Å². The van der Waals surface area contributed by atoms with E-state index in [1.54, 1.807) is 18.5 Å². The molecular weight excluding hydrogens is 269 g/mol. The molecule has 2 rings (SSSR count). The Morgan fingerprint density at radius 1 is 1.22 bits per heavy atom. The van der Waals surface area contributed by atoms with Crippen molar-refractivity contribution in [3.05, 3.63) is 57.6 Å². The summed E-state index contributed by atoms with van der Waals surface area (Å²) in [5.74, 6) is 0.608. The molecule has 0 aliphatic carbocycles. The van der Waals surface area contributed by atoms with Crippen molar-refractivity contribution in [1.82, 2.24) is 9.97 Å². The van der Waals surface area contributed by atoms with Crippen molar-refractivity contribution in [1.29, 1.82) is 0 Å². The van der Waals surface area contributed by atoms with Gasteiger partial charge in [-0.05, 0) is 30.5 Å². The van der Waals surface area contributed by atoms with Crippen LogP contribution in [-0.2, 0) is 6.42 Å². The number of hydrogen-bond acceptors (Lipinski definition) is 3. The Kier molecular flexibility index (Phi) is 4.17. The van der Waals surface area contributed by atoms with Crippen LogP contribution in [0.2, 0.25) is 10.0 Å². The highest BCUT2D eigenvalue weighted by Crippen LogP contribution is 2.27. The number of halogens is 2. The van der Waals surface area contributed by atoms with Crippen LogP contribution in [-0.4, -0.2) is 9.97 Å². The molecule has 0 aliphatic heterocycles. The summed E-state index contributed by atoms with van der Waals surface area (Å²) in [7, 11) is 0. The second-order valence-electron chi connectivity index (χ2n) is 4.14. The molecule has 5 heteroatoms. The van der Waals surface area contributed by atoms with E-state index in [0.29, 0.717) is 22.3 Å². The van der Waals surface area contributed by atoms with Gasteiger partial charge in [-0.15, -0.1) is 0 Å². The summed E-state index contributed by atoms with van der Waals surface area (Å²) in [4.78, 5) is 8.43. The Bertz CT molecular complexity index is 540. The largest absolute Gasteiger partial charge is 0.321 e. The number of aryl methyl sites for hydroxylation is 1. The quantitative estimate of drug-likeness (QED) is 0.939. The van der Waals surface area contributed by atoms with Gasteiger partial charge in [0.2, 0.25) is 0 Å². The van der Waals surface area contributed by atoms with Gasteiger partial charge in [0.15, 0.2) is 0 Å². The Hall–Kier alpha value is -1.16. The molecule has 0 radical (unpaired) electrons. The maximum absolute atomic E-state index is 6.12. The molecule has 1 aromatic heterocycles. The molecule has 2 aromatic rings. The maximum Gasteiger partial charge on any atom is 0.145 e. The first kappa shape index (κ1) is 13.3. The second kappa shape index (κ2) is 5.65. The lowest BCUT2D eigenvalue weighted by molar-refractivity contribution is 0.665. The van der Waals surface area contributed by atoms with Gasteiger partial charge < -0.3 is 5.73 Å². The van der Waals surface area contributed by atoms with Crippen LogP contribution in [0.15, 0.2) is 30.6 Å². The van der Waals surface area contributed by atoms with Crippen LogP contribution in [0, 0.1) is 6.92 Å². The Morgan fingerprint density at radius 2 is 1.89 bits per heavy atom. The Morgan fingerprint density at radius 3 is 2.56 bits per heavy atom. The van der Waals surface area contributed by atoms with Gasteiger partial charge in [0, 0.05) is 12.4 Å². The van der Waals surface area contributed by atoms with Crippen LogP contribution >= 0.6 is 23.2 Å². The fourth-order valence-electron chi connectivity index (χ4n) is 1.63. The summed E-state index contributed by atoms with van der Waals surface area (Å²) < 4.78 is 0. The Balaban J connectivity index is 2.18. The predicted molar refractivity (Wildman–Crippen MR) is 73.9 cm³/mol. The van der Waals surface area contributed by atoms with Crippen molar-refractivity contribution >= 4 is 23.2 Å². The van der Waals surface area contributed by atoms with Crippen molar-refractivity contribution in [2.75, 3.05) is 0 Å². The standard InChI is InChI=1S/C13H13Cl2N3/c1-8-6-17-13(18-7-8)11(16)5-9-3-2-4-10(14)12(9)15/h2-4,6-7,11H,5,16H2,1H3. The monoisotopic (exact) mass is 281 g/mol. The highest BCUT2D eigenvalue weighted by Gasteiger charge is 2.13. The average Bonchev–Trinajstić information content (AvgIpc) is 2.36. The third-order valence-electron chi connectivity index (χ3n) is 2.60. The number of nitrogens with zero attached hydrogens (tertiary/aromatic N) is 2. The van der Waals surface area contributed by atoms with Crippen LogP contribution in [0.1, 0.15) is 23.0 Å². The van der Waals surface area contributed by atoms with Crippen LogP contribution in [0.3, 0.4) is 0 Å². The molecule has 1 atom stereocenters. The molecule has 1 unspecified atom stereocenters. The smallest absolute Gasteiger partial charge is 0.145 e. The molecule has 1 aromatic carbocycles. The third kappa shape index (κ3) is 2.99. The lowest BCUT2D eigenvalue weighted by atomic mass is 10.1. The van der Waals surface area contributed by atoms with E-state index in [1.807, 2.05) is 19.1 Å². The lowest BCUT2D eigenvalue weighted by Crippen LogP contribution is -2.16. The molecule has 0 saturated carbocycles. The molecule has 2 N–H and O–H groups in total. The second-order valence-corrected chi connectivity index (χ2v) is 4.93. The SMILES string of the molecule is Cc1cnc(C(N)Cc2cccc(Cl)c2Cl)nc1. The van der Waals surface area contributed by atoms with Crippen molar-refractivity contribution in [3.8, 4) is 0 Å². The van der Waals surface area contributed by atoms with Crippen molar-refractivity contribution in [3.63, 3.8) is 0 Å². The van der Waals surface area contributed by atoms with E-state index in [-0.39, 0.29) is 6.04 Å². The number of hydrogen-bond donors (Lipinski definition) is 1. The summed E-state index contributed by atoms with van der Waals surface area (Å²) in [6.45, 7) is 1.93. The van der Waals surface area contributed by atoms with E-state index in [9.17, 15) is 0 Å². The van der Waals surface area contributed by atoms with Crippen molar-refractivity contribution in [2.45, 2.75) is 19.4 Å². The van der Waals surface area contributed by atoms with Crippen LogP contribution < -0.4 is 5.73 Å². The number of aromatic nitrogens is 2. The highest BCUT2D eigenvalue weighted by atomic mass is 35.5. The van der Waals surface area contributed by atoms with E-state index >= 15 is 0 Å². The van der Waals surface area contributed by atoms with E-state index in [4.69, 9.17) is 28.9 Å². The molecule has 18 heavy (non-hydrogen) atoms. The zero-order chi connectivity index (χ0) is 13.1. The molecule has 0 aliphatic rings. The molecule has 1 heterocycles. The van der Waals surface area contributed by atoms with Gasteiger partial charge in [-0.2, -0.15) is 0 Å². The zero-order valence-corrected chi connectivity index (χ0v) is 11.4. The first-order chi connectivity index (χ1) is 8.58. The van der Waals surface area contributed by atoms with Gasteiger partial charge in [0.25, 0.3) is 0 Å². The summed E-state index contributed by atoms with van der Waals surface area (Å²) in [6, 6.07) is 5.22. The minimum Gasteiger partial charge on any atom is -0.321 e. The lowest BCUT2D eigenvalue weighted by Gasteiger charge is -2.12. The van der Waals surface area contributed by atoms with Crippen LogP contribution in [0.25, 0.3) is 0 Å². The van der Waals surface area contributed by atoms with E-state index < -0.39 is 0 Å². The first-order valence-electron chi connectivity index (χ1n) is 5.55. The summed E-state index contributed by atoms with van der Waals surface area (Å²) in [5, 5.41) is 1.08. The Labute approximate surface area is 116 Å². The summed E-state index contributed by atoms with van der Waals surface area (Å²) in [5.41, 5.74) is 7.98. The molecular formula is C13H13Cl2N3. The minimum atomic E-state index is -0.290. The molecule has 0 fully saturated rings. The minimum absolute atomic E-state index is 0.290. The molecule has 0 spiro atoms. The van der Waals surface area contributed by atoms with E-state index in [1.165, 1.54) is 0 Å². The number of benzene rings is 1. The summed E-state index contributed by atoms with van der Waals surface area (Å²) >= 11 is 12.1. The molecule has 94 valence electrons. The first-order valence-corrected chi connectivity index (χ1v) is 6.30. The van der Waals surface area contributed by atoms with Crippen LogP contribution in [0.4, 0.5) is 0 Å². The fourth-order valence-corrected chi connectivity index (χ4v) is 2.03. The molecule has 0 saturated heterocycles. The summed E-state index contributed by atoms with van der Waals surface area (Å²) in [6.07, 6.45) is 4.06. The van der Waals surface area contributed by atoms with Gasteiger partial charge in [-0.25, -0.2) is 9.97 Å². The van der Waals surface area contributed by atoms with Gasteiger partial charge >= 0.3 is 0 Å². The molecule has 0 bridgehead atoms. The van der Waals surface area contributed by atoms with E-state index in [0.717, 1.165) is 11.1 Å². The zero-order valence-electron chi connectivity index (χ0n) is 9.90. The number of nitrogens with two attached hydrogens (primary N) is 1. The van der Waals surface area contributed by atoms with Crippen LogP contribution in [0.5, 0.6) is 0 Å². The average molecular weight is 282 g/mol. The predicted octanol–water partition coefficient (Wildman–Crippen LogP) is 3.33. The van der Waals surface area contributed by atoms with Crippen molar-refractivity contribution in [2.24, 2.45) is 5.73 Å². The van der Waals surface area contributed by atoms with Gasteiger partial charge in [0.05, 0.1) is 16.1 Å². The maximum atomic E-state index is 6.12. The highest BCUT2D eigenvalue weighted by molar-refractivity contribution is 6.42. The third-order valence-corrected chi connectivity index (χ3v) is 3.46. The van der Waals surface area contributed by atoms with Crippen molar-refractivity contribution < 1.29 is 0 Å². The molecule has 3 nitrogen and oxygen atoms in total. The number of rotatable bonds is 3. The molecule has 0 amide bonds. The normalized spacial score (nSPS) is 12.4. The van der Waals surface area contributed by atoms with Gasteiger partial charge in [0.1, 0.15) is 5.82 Å². The van der Waals surface area contributed by atoms with Gasteiger partial charge in [-0.1, -0.05) is 35.3 Å². The topological polar surface area (TPSA) is 51.8 Å². The fraction of sp³-hybridized carbons (Fsp3) is 0.231. The van der Waals surface area contributed by atoms with E-state index in [2.05, 4.69) is 9.97 Å².